The van der Waals surface area contributed by atoms with Crippen molar-refractivity contribution < 1.29 is 18.3 Å². The Morgan fingerprint density at radius 2 is 2.09 bits per heavy atom. The Morgan fingerprint density at radius 1 is 1.22 bits per heavy atom. The molecule has 164 valence electrons. The predicted octanol–water partition coefficient (Wildman–Crippen LogP) is 3.69. The van der Waals surface area contributed by atoms with E-state index in [2.05, 4.69) is 20.5 Å². The van der Waals surface area contributed by atoms with E-state index in [1.807, 2.05) is 4.90 Å². The van der Waals surface area contributed by atoms with Gasteiger partial charge < -0.3 is 9.64 Å². The molecule has 0 radical (unpaired) electrons. The number of benzene rings is 1. The van der Waals surface area contributed by atoms with Crippen LogP contribution in [0.3, 0.4) is 0 Å². The molecule has 1 fully saturated rings. The molecule has 0 saturated carbocycles. The number of aryl methyl sites for hydroxylation is 1. The summed E-state index contributed by atoms with van der Waals surface area (Å²) in [6, 6.07) is 6.50. The lowest BCUT2D eigenvalue weighted by Gasteiger charge is -2.26. The van der Waals surface area contributed by atoms with E-state index in [1.54, 1.807) is 36.3 Å². The zero-order chi connectivity index (χ0) is 22.2. The number of rotatable bonds is 4. The zero-order valence-electron chi connectivity index (χ0n) is 17.1. The number of hydrogen-bond acceptors (Lipinski definition) is 6. The van der Waals surface area contributed by atoms with Gasteiger partial charge in [0.2, 0.25) is 5.65 Å². The van der Waals surface area contributed by atoms with E-state index in [4.69, 9.17) is 4.74 Å². The quantitative estimate of drug-likeness (QED) is 0.522. The zero-order valence-corrected chi connectivity index (χ0v) is 17.1. The van der Waals surface area contributed by atoms with Crippen molar-refractivity contribution in [3.05, 3.63) is 66.1 Å². The van der Waals surface area contributed by atoms with Gasteiger partial charge >= 0.3 is 6.09 Å². The molecule has 1 N–H and O–H groups in total. The molecule has 0 bridgehead atoms. The van der Waals surface area contributed by atoms with E-state index in [9.17, 15) is 13.6 Å². The number of amides is 1. The first-order chi connectivity index (χ1) is 15.5. The molecule has 1 atom stereocenters. The van der Waals surface area contributed by atoms with Crippen LogP contribution in [0.5, 0.6) is 5.75 Å². The van der Waals surface area contributed by atoms with E-state index in [0.717, 1.165) is 18.6 Å². The van der Waals surface area contributed by atoms with Crippen LogP contribution >= 0.6 is 0 Å². The van der Waals surface area contributed by atoms with E-state index in [0.29, 0.717) is 35.8 Å². The Morgan fingerprint density at radius 3 is 2.91 bits per heavy atom. The average molecular weight is 439 g/mol. The highest BCUT2D eigenvalue weighted by molar-refractivity contribution is 5.86. The number of nitrogens with zero attached hydrogens (tertiary/aromatic N) is 6. The number of halogens is 2. The highest BCUT2D eigenvalue weighted by atomic mass is 19.1. The molecule has 1 saturated heterocycles. The topological polar surface area (TPSA) is 89.6 Å². The van der Waals surface area contributed by atoms with Crippen molar-refractivity contribution in [2.75, 3.05) is 16.8 Å². The maximum atomic E-state index is 14.4. The van der Waals surface area contributed by atoms with Crippen molar-refractivity contribution in [3.8, 4) is 5.75 Å². The summed E-state index contributed by atoms with van der Waals surface area (Å²) in [6.45, 7) is 0.633. The smallest absolute Gasteiger partial charge is 0.404 e. The van der Waals surface area contributed by atoms with Crippen LogP contribution < -0.4 is 15.0 Å². The van der Waals surface area contributed by atoms with Crippen molar-refractivity contribution in [2.45, 2.75) is 18.9 Å². The minimum absolute atomic E-state index is 0.160. The second kappa shape index (κ2) is 7.91. The highest BCUT2D eigenvalue weighted by Gasteiger charge is 2.30. The Labute approximate surface area is 181 Å². The second-order valence-electron chi connectivity index (χ2n) is 7.47. The largest absolute Gasteiger partial charge is 0.418 e. The predicted molar refractivity (Wildman–Crippen MR) is 112 cm³/mol. The van der Waals surface area contributed by atoms with E-state index < -0.39 is 17.7 Å². The monoisotopic (exact) mass is 439 g/mol. The number of hydrogen-bond donors (Lipinski definition) is 1. The van der Waals surface area contributed by atoms with Gasteiger partial charge in [-0.05, 0) is 37.1 Å². The van der Waals surface area contributed by atoms with Crippen molar-refractivity contribution in [2.24, 2.45) is 7.05 Å². The normalized spacial score (nSPS) is 16.0. The summed E-state index contributed by atoms with van der Waals surface area (Å²) in [5.74, 6) is 0.123. The van der Waals surface area contributed by atoms with Crippen LogP contribution in [0.15, 0.2) is 48.9 Å². The first-order valence-electron chi connectivity index (χ1n) is 10.0. The lowest BCUT2D eigenvalue weighted by molar-refractivity contribution is 0.215. The van der Waals surface area contributed by atoms with Crippen LogP contribution in [0.25, 0.3) is 5.65 Å². The Bertz CT molecular complexity index is 1300. The molecule has 9 nitrogen and oxygen atoms in total. The van der Waals surface area contributed by atoms with Gasteiger partial charge in [-0.25, -0.2) is 23.1 Å². The summed E-state index contributed by atoms with van der Waals surface area (Å²) >= 11 is 0. The second-order valence-corrected chi connectivity index (χ2v) is 7.47. The van der Waals surface area contributed by atoms with E-state index in [1.165, 1.54) is 16.8 Å². The molecule has 0 aliphatic carbocycles. The molecule has 5 rings (SSSR count). The number of carbonyl (C=O) groups is 1. The van der Waals surface area contributed by atoms with Crippen LogP contribution in [-0.2, 0) is 7.05 Å². The summed E-state index contributed by atoms with van der Waals surface area (Å²) < 4.78 is 36.6. The molecule has 1 aromatic carbocycles. The van der Waals surface area contributed by atoms with Crippen molar-refractivity contribution in [3.63, 3.8) is 0 Å². The Balaban J connectivity index is 1.41. The summed E-state index contributed by atoms with van der Waals surface area (Å²) in [7, 11) is 1.73. The van der Waals surface area contributed by atoms with Crippen molar-refractivity contribution in [1.82, 2.24) is 24.4 Å². The molecule has 1 aliphatic rings. The van der Waals surface area contributed by atoms with Crippen LogP contribution in [0.1, 0.15) is 24.4 Å². The van der Waals surface area contributed by atoms with Gasteiger partial charge in [0.25, 0.3) is 0 Å². The molecule has 1 amide bonds. The molecule has 4 heterocycles. The number of carbonyl (C=O) groups excluding carboxylic acids is 1. The first-order valence-corrected chi connectivity index (χ1v) is 10.0. The minimum atomic E-state index is -0.730. The van der Waals surface area contributed by atoms with Gasteiger partial charge in [-0.2, -0.15) is 10.2 Å². The molecule has 0 unspecified atom stereocenters. The first kappa shape index (κ1) is 19.9. The number of fused-ring (bicyclic) bond motifs is 1. The van der Waals surface area contributed by atoms with E-state index in [-0.39, 0.29) is 11.8 Å². The van der Waals surface area contributed by atoms with Crippen LogP contribution in [0.2, 0.25) is 0 Å². The van der Waals surface area contributed by atoms with Gasteiger partial charge in [0.1, 0.15) is 17.5 Å². The third-order valence-corrected chi connectivity index (χ3v) is 5.33. The SMILES string of the molecule is Cn1ccc(NC(=O)Oc2cnn3ccc(N4CCC[C@@H]4c4cc(F)ccc4F)nc23)n1. The summed E-state index contributed by atoms with van der Waals surface area (Å²) in [4.78, 5) is 18.8. The van der Waals surface area contributed by atoms with Crippen LogP contribution in [0.4, 0.5) is 25.2 Å². The number of anilines is 2. The fourth-order valence-electron chi connectivity index (χ4n) is 3.92. The summed E-state index contributed by atoms with van der Waals surface area (Å²) in [5, 5.41) is 10.7. The number of ether oxygens (including phenoxy) is 1. The maximum Gasteiger partial charge on any atom is 0.418 e. The fraction of sp³-hybridized carbons (Fsp3) is 0.238. The Hall–Kier alpha value is -4.02. The summed E-state index contributed by atoms with van der Waals surface area (Å²) in [5.41, 5.74) is 0.618. The van der Waals surface area contributed by atoms with Gasteiger partial charge in [-0.15, -0.1) is 0 Å². The van der Waals surface area contributed by atoms with Crippen molar-refractivity contribution in [1.29, 1.82) is 0 Å². The lowest BCUT2D eigenvalue weighted by Crippen LogP contribution is -2.24. The standard InChI is InChI=1S/C21H19F2N7O2/c1-28-9-6-18(27-28)25-21(31)32-17-12-24-30-10-7-19(26-20(17)30)29-8-2-3-16(29)14-11-13(22)4-5-15(14)23/h4-7,9-12,16H,2-3,8H2,1H3,(H,25,27,31)/t16-/m1/s1. The summed E-state index contributed by atoms with van der Waals surface area (Å²) in [6.07, 6.45) is 5.50. The van der Waals surface area contributed by atoms with Gasteiger partial charge in [0.15, 0.2) is 11.6 Å². The average Bonchev–Trinajstić information content (AvgIpc) is 3.50. The third kappa shape index (κ3) is 3.72. The molecule has 32 heavy (non-hydrogen) atoms. The van der Waals surface area contributed by atoms with Gasteiger partial charge in [-0.1, -0.05) is 0 Å². The lowest BCUT2D eigenvalue weighted by atomic mass is 10.0. The highest BCUT2D eigenvalue weighted by Crippen LogP contribution is 2.37. The fourth-order valence-corrected chi connectivity index (χ4v) is 3.92. The third-order valence-electron chi connectivity index (χ3n) is 5.33. The molecular weight excluding hydrogens is 420 g/mol. The van der Waals surface area contributed by atoms with Gasteiger partial charge in [0.05, 0.1) is 12.2 Å². The van der Waals surface area contributed by atoms with Crippen LogP contribution in [0, 0.1) is 11.6 Å². The molecule has 4 aromatic rings. The Kier molecular flexibility index (Phi) is 4.92. The number of aromatic nitrogens is 5. The number of nitrogens with one attached hydrogen (secondary N) is 1. The molecular formula is C21H19F2N7O2. The maximum absolute atomic E-state index is 14.4. The molecule has 11 heteroatoms. The van der Waals surface area contributed by atoms with E-state index >= 15 is 0 Å². The van der Waals surface area contributed by atoms with Gasteiger partial charge in [0, 0.05) is 37.6 Å². The van der Waals surface area contributed by atoms with Gasteiger partial charge in [-0.3, -0.25) is 10.00 Å². The van der Waals surface area contributed by atoms with Crippen molar-refractivity contribution >= 4 is 23.4 Å². The molecule has 1 aliphatic heterocycles. The molecule has 0 spiro atoms. The molecule has 3 aromatic heterocycles. The van der Waals surface area contributed by atoms with Crippen LogP contribution in [-0.4, -0.2) is 37.0 Å². The minimum Gasteiger partial charge on any atom is -0.404 e.